The van der Waals surface area contributed by atoms with Gasteiger partial charge in [0.05, 0.1) is 10.4 Å². The van der Waals surface area contributed by atoms with Gasteiger partial charge in [-0.15, -0.1) is 0 Å². The molecular formula is C22H27N3O2S. The molecule has 2 aromatic carbocycles. The van der Waals surface area contributed by atoms with Gasteiger partial charge in [0.15, 0.2) is 0 Å². The second kappa shape index (κ2) is 7.35. The third-order valence-corrected chi connectivity index (χ3v) is 7.58. The van der Waals surface area contributed by atoms with Gasteiger partial charge < -0.3 is 10.6 Å². The Hall–Kier alpha value is -2.15. The maximum Gasteiger partial charge on any atom is 0.243 e. The van der Waals surface area contributed by atoms with Crippen LogP contribution in [0.1, 0.15) is 12.5 Å². The molecule has 0 amide bonds. The molecule has 2 aliphatic rings. The van der Waals surface area contributed by atoms with Crippen molar-refractivity contribution < 1.29 is 8.42 Å². The van der Waals surface area contributed by atoms with E-state index in [1.807, 2.05) is 49.4 Å². The molecule has 3 atom stereocenters. The first-order valence-electron chi connectivity index (χ1n) is 9.71. The fourth-order valence-electron chi connectivity index (χ4n) is 4.19. The molecule has 0 aromatic heterocycles. The monoisotopic (exact) mass is 397 g/mol. The Kier molecular flexibility index (Phi) is 5.04. The summed E-state index contributed by atoms with van der Waals surface area (Å²) < 4.78 is 28.1. The molecule has 2 N–H and O–H groups in total. The van der Waals surface area contributed by atoms with Gasteiger partial charge in [0.25, 0.3) is 0 Å². The summed E-state index contributed by atoms with van der Waals surface area (Å²) in [4.78, 5) is 0.361. The molecule has 4 rings (SSSR count). The minimum absolute atomic E-state index is 0.125. The summed E-state index contributed by atoms with van der Waals surface area (Å²) in [6, 6.07) is 17.4. The smallest absolute Gasteiger partial charge is 0.243 e. The zero-order valence-corrected chi connectivity index (χ0v) is 17.1. The average Bonchev–Trinajstić information content (AvgIpc) is 3.07. The highest BCUT2D eigenvalue weighted by molar-refractivity contribution is 7.89. The summed E-state index contributed by atoms with van der Waals surface area (Å²) in [5.74, 6) is 0.125. The highest BCUT2D eigenvalue weighted by Crippen LogP contribution is 2.36. The quantitative estimate of drug-likeness (QED) is 0.762. The van der Waals surface area contributed by atoms with Gasteiger partial charge in [-0.25, -0.2) is 8.42 Å². The Bertz CT molecular complexity index is 957. The first-order chi connectivity index (χ1) is 13.4. The Morgan fingerprint density at radius 2 is 1.82 bits per heavy atom. The number of hydrogen-bond donors (Lipinski definition) is 2. The number of anilines is 1. The molecule has 0 unspecified atom stereocenters. The van der Waals surface area contributed by atoms with Crippen LogP contribution < -0.4 is 10.6 Å². The summed E-state index contributed by atoms with van der Waals surface area (Å²) in [5, 5.41) is 7.17. The predicted molar refractivity (Wildman–Crippen MR) is 113 cm³/mol. The summed E-state index contributed by atoms with van der Waals surface area (Å²) in [5.41, 5.74) is 1.76. The van der Waals surface area contributed by atoms with Crippen LogP contribution in [0.15, 0.2) is 71.6 Å². The molecule has 5 nitrogen and oxygen atoms in total. The van der Waals surface area contributed by atoms with Gasteiger partial charge in [-0.05, 0) is 38.1 Å². The molecule has 0 bridgehead atoms. The number of rotatable bonds is 5. The van der Waals surface area contributed by atoms with E-state index in [1.54, 1.807) is 16.4 Å². The van der Waals surface area contributed by atoms with Crippen LogP contribution in [-0.2, 0) is 10.0 Å². The normalized spacial score (nSPS) is 27.5. The van der Waals surface area contributed by atoms with Crippen molar-refractivity contribution in [2.75, 3.05) is 25.0 Å². The Labute approximate surface area is 167 Å². The van der Waals surface area contributed by atoms with Crippen LogP contribution in [0.4, 0.5) is 5.69 Å². The van der Waals surface area contributed by atoms with E-state index < -0.39 is 10.0 Å². The molecular weight excluding hydrogens is 370 g/mol. The Morgan fingerprint density at radius 3 is 2.54 bits per heavy atom. The van der Waals surface area contributed by atoms with Crippen LogP contribution in [0, 0.1) is 12.8 Å². The lowest BCUT2D eigenvalue weighted by molar-refractivity contribution is 0.284. The van der Waals surface area contributed by atoms with Crippen molar-refractivity contribution in [3.8, 4) is 0 Å². The van der Waals surface area contributed by atoms with Crippen molar-refractivity contribution >= 4 is 15.7 Å². The van der Waals surface area contributed by atoms with Gasteiger partial charge in [0.1, 0.15) is 0 Å². The molecule has 2 aliphatic heterocycles. The maximum absolute atomic E-state index is 13.2. The summed E-state index contributed by atoms with van der Waals surface area (Å²) in [6.45, 7) is 5.66. The van der Waals surface area contributed by atoms with Crippen LogP contribution in [0.3, 0.4) is 0 Å². The fraction of sp³-hybridized carbons (Fsp3) is 0.364. The van der Waals surface area contributed by atoms with E-state index in [9.17, 15) is 8.42 Å². The number of fused-ring (bicyclic) bond motifs is 1. The number of benzene rings is 2. The van der Waals surface area contributed by atoms with Crippen LogP contribution in [0.25, 0.3) is 0 Å². The zero-order valence-electron chi connectivity index (χ0n) is 16.3. The van der Waals surface area contributed by atoms with E-state index in [2.05, 4.69) is 29.7 Å². The highest BCUT2D eigenvalue weighted by Gasteiger charge is 2.50. The van der Waals surface area contributed by atoms with Crippen molar-refractivity contribution in [2.45, 2.75) is 30.3 Å². The number of sulfonamides is 1. The van der Waals surface area contributed by atoms with E-state index in [1.165, 1.54) is 0 Å². The first kappa shape index (κ1) is 19.2. The van der Waals surface area contributed by atoms with Crippen molar-refractivity contribution in [2.24, 2.45) is 5.92 Å². The average molecular weight is 398 g/mol. The lowest BCUT2D eigenvalue weighted by Gasteiger charge is -2.40. The molecule has 1 saturated heterocycles. The topological polar surface area (TPSA) is 61.4 Å². The maximum atomic E-state index is 13.2. The molecule has 0 saturated carbocycles. The molecule has 0 radical (unpaired) electrons. The first-order valence-corrected chi connectivity index (χ1v) is 11.1. The lowest BCUT2D eigenvalue weighted by Crippen LogP contribution is -2.60. The molecule has 2 heterocycles. The van der Waals surface area contributed by atoms with Crippen LogP contribution in [0.2, 0.25) is 0 Å². The van der Waals surface area contributed by atoms with Crippen LogP contribution >= 0.6 is 0 Å². The number of nitrogens with one attached hydrogen (secondary N) is 2. The number of hydrogen-bond acceptors (Lipinski definition) is 4. The van der Waals surface area contributed by atoms with Crippen molar-refractivity contribution in [1.29, 1.82) is 0 Å². The van der Waals surface area contributed by atoms with Crippen molar-refractivity contribution in [3.05, 3.63) is 72.3 Å². The highest BCUT2D eigenvalue weighted by atomic mass is 32.2. The van der Waals surface area contributed by atoms with E-state index in [-0.39, 0.29) is 17.5 Å². The van der Waals surface area contributed by atoms with Gasteiger partial charge >= 0.3 is 0 Å². The van der Waals surface area contributed by atoms with Crippen LogP contribution in [0.5, 0.6) is 0 Å². The zero-order chi connectivity index (χ0) is 19.8. The van der Waals surface area contributed by atoms with E-state index >= 15 is 0 Å². The van der Waals surface area contributed by atoms with Gasteiger partial charge in [0.2, 0.25) is 10.0 Å². The lowest BCUT2D eigenvalue weighted by atomic mass is 9.82. The van der Waals surface area contributed by atoms with E-state index in [0.717, 1.165) is 11.3 Å². The summed E-state index contributed by atoms with van der Waals surface area (Å²) in [6.07, 6.45) is 4.31. The number of para-hydroxylation sites is 1. The minimum atomic E-state index is -3.52. The summed E-state index contributed by atoms with van der Waals surface area (Å²) in [7, 11) is -3.52. The number of aryl methyl sites for hydroxylation is 1. The molecule has 1 fully saturated rings. The second-order valence-electron chi connectivity index (χ2n) is 7.91. The summed E-state index contributed by atoms with van der Waals surface area (Å²) >= 11 is 0. The second-order valence-corrected chi connectivity index (χ2v) is 9.85. The molecule has 0 spiro atoms. The van der Waals surface area contributed by atoms with Crippen molar-refractivity contribution in [3.63, 3.8) is 0 Å². The SMILES string of the molecule is Cc1ccc(S(=O)(=O)N2C[C@H]3C=C[C@@H](C)N[C@]3(CNc3ccccc3)C2)cc1. The predicted octanol–water partition coefficient (Wildman–Crippen LogP) is 3.01. The van der Waals surface area contributed by atoms with Gasteiger partial charge in [-0.3, -0.25) is 0 Å². The van der Waals surface area contributed by atoms with E-state index in [4.69, 9.17) is 0 Å². The third kappa shape index (κ3) is 3.60. The van der Waals surface area contributed by atoms with Crippen molar-refractivity contribution in [1.82, 2.24) is 9.62 Å². The Morgan fingerprint density at radius 1 is 1.11 bits per heavy atom. The molecule has 2 aromatic rings. The largest absolute Gasteiger partial charge is 0.383 e. The molecule has 6 heteroatoms. The van der Waals surface area contributed by atoms with Crippen LogP contribution in [-0.4, -0.2) is 43.9 Å². The van der Waals surface area contributed by atoms with Gasteiger partial charge in [-0.2, -0.15) is 4.31 Å². The minimum Gasteiger partial charge on any atom is -0.383 e. The molecule has 0 aliphatic carbocycles. The standard InChI is InChI=1S/C22H27N3O2S/c1-17-8-12-21(13-9-17)28(26,27)25-14-19-11-10-18(2)24-22(19,16-25)15-23-20-6-4-3-5-7-20/h3-13,18-19,23-24H,14-16H2,1-2H3/t18-,19-,22-/m1/s1. The number of nitrogens with zero attached hydrogens (tertiary/aromatic N) is 1. The van der Waals surface area contributed by atoms with Gasteiger partial charge in [-0.1, -0.05) is 48.0 Å². The third-order valence-electron chi connectivity index (χ3n) is 5.76. The fourth-order valence-corrected chi connectivity index (χ4v) is 5.72. The molecule has 28 heavy (non-hydrogen) atoms. The van der Waals surface area contributed by atoms with Gasteiger partial charge in [0, 0.05) is 37.3 Å². The Balaban J connectivity index is 1.60. The molecule has 148 valence electrons. The van der Waals surface area contributed by atoms with E-state index in [0.29, 0.717) is 24.5 Å².